The molecule has 0 amide bonds. The van der Waals surface area contributed by atoms with Crippen LogP contribution in [0.4, 0.5) is 0 Å². The fourth-order valence-electron chi connectivity index (χ4n) is 1.78. The van der Waals surface area contributed by atoms with Gasteiger partial charge in [0.1, 0.15) is 0 Å². The highest BCUT2D eigenvalue weighted by Gasteiger charge is 2.13. The summed E-state index contributed by atoms with van der Waals surface area (Å²) in [5.74, 6) is 0.691. The average molecular weight is 348 g/mol. The van der Waals surface area contributed by atoms with E-state index in [2.05, 4.69) is 34.5 Å². The lowest BCUT2D eigenvalue weighted by molar-refractivity contribution is 0.551. The lowest BCUT2D eigenvalue weighted by Crippen LogP contribution is -2.32. The Kier molecular flexibility index (Phi) is 7.04. The Morgan fingerprint density at radius 1 is 1.21 bits per heavy atom. The monoisotopic (exact) mass is 347 g/mol. The molecule has 1 unspecified atom stereocenters. The summed E-state index contributed by atoms with van der Waals surface area (Å²) in [5, 5.41) is 0. The van der Waals surface area contributed by atoms with Crippen LogP contribution >= 0.6 is 15.9 Å². The van der Waals surface area contributed by atoms with Gasteiger partial charge in [-0.3, -0.25) is 0 Å². The van der Waals surface area contributed by atoms with Crippen molar-refractivity contribution < 1.29 is 8.42 Å². The molecule has 0 aliphatic heterocycles. The zero-order valence-corrected chi connectivity index (χ0v) is 13.9. The Morgan fingerprint density at radius 3 is 2.42 bits per heavy atom. The van der Waals surface area contributed by atoms with Gasteiger partial charge < -0.3 is 0 Å². The molecule has 0 heterocycles. The van der Waals surface area contributed by atoms with Crippen LogP contribution in [0.15, 0.2) is 30.3 Å². The topological polar surface area (TPSA) is 46.2 Å². The van der Waals surface area contributed by atoms with Gasteiger partial charge in [0, 0.05) is 11.4 Å². The second-order valence-electron chi connectivity index (χ2n) is 5.13. The maximum atomic E-state index is 11.9. The SMILES string of the molecule is CC(C)CC(Br)CNS(=O)(=O)CCc1ccccc1. The van der Waals surface area contributed by atoms with E-state index in [-0.39, 0.29) is 10.6 Å². The summed E-state index contributed by atoms with van der Waals surface area (Å²) < 4.78 is 26.4. The fourth-order valence-corrected chi connectivity index (χ4v) is 4.01. The van der Waals surface area contributed by atoms with Crippen molar-refractivity contribution in [2.45, 2.75) is 31.5 Å². The van der Waals surface area contributed by atoms with Gasteiger partial charge in [-0.1, -0.05) is 60.1 Å². The van der Waals surface area contributed by atoms with Gasteiger partial charge in [-0.05, 0) is 24.3 Å². The third-order valence-corrected chi connectivity index (χ3v) is 4.80. The number of rotatable bonds is 8. The van der Waals surface area contributed by atoms with E-state index in [0.717, 1.165) is 12.0 Å². The van der Waals surface area contributed by atoms with Gasteiger partial charge in [0.25, 0.3) is 0 Å². The summed E-state index contributed by atoms with van der Waals surface area (Å²) in [4.78, 5) is 0.194. The van der Waals surface area contributed by atoms with Gasteiger partial charge >= 0.3 is 0 Å². The van der Waals surface area contributed by atoms with E-state index in [0.29, 0.717) is 18.9 Å². The predicted molar refractivity (Wildman–Crippen MR) is 84.1 cm³/mol. The van der Waals surface area contributed by atoms with Crippen LogP contribution in [0.1, 0.15) is 25.8 Å². The third kappa shape index (κ3) is 7.70. The number of nitrogens with one attached hydrogen (secondary N) is 1. The molecule has 1 aromatic carbocycles. The van der Waals surface area contributed by atoms with Crippen LogP contribution in [-0.4, -0.2) is 25.5 Å². The van der Waals surface area contributed by atoms with E-state index in [9.17, 15) is 8.42 Å². The van der Waals surface area contributed by atoms with Gasteiger partial charge in [-0.15, -0.1) is 0 Å². The first-order valence-corrected chi connectivity index (χ1v) is 9.11. The van der Waals surface area contributed by atoms with E-state index in [4.69, 9.17) is 0 Å². The molecule has 0 aliphatic carbocycles. The standard InChI is InChI=1S/C14H22BrNO2S/c1-12(2)10-14(15)11-16-19(17,18)9-8-13-6-4-3-5-7-13/h3-7,12,14,16H,8-11H2,1-2H3. The Morgan fingerprint density at radius 2 is 1.84 bits per heavy atom. The van der Waals surface area contributed by atoms with Crippen LogP contribution in [0.2, 0.25) is 0 Å². The molecule has 0 fully saturated rings. The van der Waals surface area contributed by atoms with Gasteiger partial charge in [0.05, 0.1) is 5.75 Å². The fraction of sp³-hybridized carbons (Fsp3) is 0.571. The van der Waals surface area contributed by atoms with Gasteiger partial charge in [-0.25, -0.2) is 13.1 Å². The molecule has 19 heavy (non-hydrogen) atoms. The molecule has 3 nitrogen and oxygen atoms in total. The van der Waals surface area contributed by atoms with E-state index < -0.39 is 10.0 Å². The van der Waals surface area contributed by atoms with Crippen LogP contribution in [0.5, 0.6) is 0 Å². The molecular weight excluding hydrogens is 326 g/mol. The van der Waals surface area contributed by atoms with Crippen LogP contribution in [0.3, 0.4) is 0 Å². The molecule has 0 aromatic heterocycles. The van der Waals surface area contributed by atoms with E-state index in [1.165, 1.54) is 0 Å². The molecule has 1 rings (SSSR count). The largest absolute Gasteiger partial charge is 0.214 e. The number of alkyl halides is 1. The molecular formula is C14H22BrNO2S. The maximum absolute atomic E-state index is 11.9. The zero-order valence-electron chi connectivity index (χ0n) is 11.5. The van der Waals surface area contributed by atoms with Gasteiger partial charge in [0.15, 0.2) is 0 Å². The number of hydrogen-bond donors (Lipinski definition) is 1. The summed E-state index contributed by atoms with van der Waals surface area (Å²) in [6, 6.07) is 9.67. The minimum Gasteiger partial charge on any atom is -0.214 e. The Bertz CT molecular complexity index is 460. The van der Waals surface area contributed by atoms with Gasteiger partial charge in [-0.2, -0.15) is 0 Å². The van der Waals surface area contributed by atoms with Crippen molar-refractivity contribution in [2.24, 2.45) is 5.92 Å². The first-order valence-electron chi connectivity index (χ1n) is 6.54. The second-order valence-corrected chi connectivity index (χ2v) is 8.35. The summed E-state index contributed by atoms with van der Waals surface area (Å²) in [7, 11) is -3.19. The van der Waals surface area contributed by atoms with Crippen molar-refractivity contribution in [1.29, 1.82) is 0 Å². The number of halogens is 1. The zero-order chi connectivity index (χ0) is 14.3. The Labute approximate surface area is 125 Å². The summed E-state index contributed by atoms with van der Waals surface area (Å²) in [6.45, 7) is 4.70. The number of hydrogen-bond acceptors (Lipinski definition) is 2. The van der Waals surface area contributed by atoms with Crippen molar-refractivity contribution in [3.63, 3.8) is 0 Å². The number of aryl methyl sites for hydroxylation is 1. The van der Waals surface area contributed by atoms with Crippen LogP contribution in [0, 0.1) is 5.92 Å². The summed E-state index contributed by atoms with van der Waals surface area (Å²) >= 11 is 3.50. The van der Waals surface area contributed by atoms with Crippen molar-refractivity contribution >= 4 is 26.0 Å². The minimum atomic E-state index is -3.19. The third-order valence-electron chi connectivity index (χ3n) is 2.75. The van der Waals surface area contributed by atoms with Crippen molar-refractivity contribution in [2.75, 3.05) is 12.3 Å². The maximum Gasteiger partial charge on any atom is 0.211 e. The minimum absolute atomic E-state index is 0.137. The molecule has 1 atom stereocenters. The quantitative estimate of drug-likeness (QED) is 0.734. The van der Waals surface area contributed by atoms with Crippen LogP contribution < -0.4 is 4.72 Å². The van der Waals surface area contributed by atoms with Gasteiger partial charge in [0.2, 0.25) is 10.0 Å². The molecule has 1 N–H and O–H groups in total. The Hall–Kier alpha value is -0.390. The number of sulfonamides is 1. The second kappa shape index (κ2) is 8.02. The molecule has 0 saturated heterocycles. The highest BCUT2D eigenvalue weighted by Crippen LogP contribution is 2.12. The molecule has 5 heteroatoms. The van der Waals surface area contributed by atoms with Crippen molar-refractivity contribution in [3.8, 4) is 0 Å². The number of benzene rings is 1. The average Bonchev–Trinajstić information content (AvgIpc) is 2.35. The molecule has 0 spiro atoms. The summed E-state index contributed by atoms with van der Waals surface area (Å²) in [6.07, 6.45) is 1.51. The van der Waals surface area contributed by atoms with Crippen molar-refractivity contribution in [1.82, 2.24) is 4.72 Å². The summed E-state index contributed by atoms with van der Waals surface area (Å²) in [5.41, 5.74) is 1.05. The van der Waals surface area contributed by atoms with E-state index >= 15 is 0 Å². The highest BCUT2D eigenvalue weighted by atomic mass is 79.9. The molecule has 0 radical (unpaired) electrons. The van der Waals surface area contributed by atoms with E-state index in [1.807, 2.05) is 30.3 Å². The molecule has 0 saturated carbocycles. The highest BCUT2D eigenvalue weighted by molar-refractivity contribution is 9.09. The lowest BCUT2D eigenvalue weighted by Gasteiger charge is -2.13. The molecule has 0 aliphatic rings. The molecule has 1 aromatic rings. The van der Waals surface area contributed by atoms with Crippen LogP contribution in [-0.2, 0) is 16.4 Å². The molecule has 108 valence electrons. The van der Waals surface area contributed by atoms with E-state index in [1.54, 1.807) is 0 Å². The normalized spacial score (nSPS) is 13.7. The Balaban J connectivity index is 2.36. The lowest BCUT2D eigenvalue weighted by atomic mass is 10.1. The smallest absolute Gasteiger partial charge is 0.211 e. The first-order chi connectivity index (χ1) is 8.89. The molecule has 0 bridgehead atoms. The first kappa shape index (κ1) is 16.7. The van der Waals surface area contributed by atoms with Crippen LogP contribution in [0.25, 0.3) is 0 Å². The van der Waals surface area contributed by atoms with Crippen molar-refractivity contribution in [3.05, 3.63) is 35.9 Å². The predicted octanol–water partition coefficient (Wildman–Crippen LogP) is 2.96.